The fourth-order valence-electron chi connectivity index (χ4n) is 1.92. The third-order valence-electron chi connectivity index (χ3n) is 3.01. The van der Waals surface area contributed by atoms with E-state index >= 15 is 0 Å². The van der Waals surface area contributed by atoms with Gasteiger partial charge in [0.1, 0.15) is 12.3 Å². The Bertz CT molecular complexity index is 846. The van der Waals surface area contributed by atoms with Crippen LogP contribution in [0.3, 0.4) is 0 Å². The molecule has 8 nitrogen and oxygen atoms in total. The van der Waals surface area contributed by atoms with Crippen LogP contribution in [0.4, 0.5) is 5.69 Å². The first kappa shape index (κ1) is 14.6. The molecule has 2 aromatic heterocycles. The van der Waals surface area contributed by atoms with Crippen molar-refractivity contribution in [1.29, 1.82) is 0 Å². The van der Waals surface area contributed by atoms with Gasteiger partial charge in [-0.2, -0.15) is 4.68 Å². The molecular formula is C15H13N3O5. The van der Waals surface area contributed by atoms with Gasteiger partial charge in [-0.25, -0.2) is 4.79 Å². The molecule has 0 aliphatic carbocycles. The van der Waals surface area contributed by atoms with E-state index in [1.54, 1.807) is 43.5 Å². The van der Waals surface area contributed by atoms with Gasteiger partial charge in [0, 0.05) is 5.69 Å². The molecule has 0 atom stereocenters. The molecule has 2 heterocycles. The summed E-state index contributed by atoms with van der Waals surface area (Å²) in [7, 11) is 1.56. The van der Waals surface area contributed by atoms with E-state index in [0.29, 0.717) is 17.2 Å². The van der Waals surface area contributed by atoms with E-state index in [0.717, 1.165) is 4.68 Å². The molecule has 1 aromatic carbocycles. The van der Waals surface area contributed by atoms with Crippen molar-refractivity contribution in [2.75, 3.05) is 12.4 Å². The molecule has 0 saturated carbocycles. The molecule has 0 aliphatic heterocycles. The second-order valence-corrected chi connectivity index (χ2v) is 4.58. The van der Waals surface area contributed by atoms with Crippen molar-refractivity contribution >= 4 is 11.6 Å². The zero-order valence-corrected chi connectivity index (χ0v) is 12.2. The highest BCUT2D eigenvalue weighted by Crippen LogP contribution is 2.16. The van der Waals surface area contributed by atoms with Crippen LogP contribution in [-0.2, 0) is 11.3 Å². The maximum atomic E-state index is 12.0. The average Bonchev–Trinajstić information content (AvgIpc) is 3.18. The molecule has 1 amide bonds. The summed E-state index contributed by atoms with van der Waals surface area (Å²) in [5.41, 5.74) is 0.582. The number of carbonyl (C=O) groups excluding carboxylic acids is 1. The highest BCUT2D eigenvalue weighted by Gasteiger charge is 2.14. The van der Waals surface area contributed by atoms with Crippen molar-refractivity contribution in [3.63, 3.8) is 0 Å². The lowest BCUT2D eigenvalue weighted by molar-refractivity contribution is -0.117. The molecule has 118 valence electrons. The molecule has 0 spiro atoms. The van der Waals surface area contributed by atoms with Gasteiger partial charge in [0.25, 0.3) is 5.89 Å². The van der Waals surface area contributed by atoms with Gasteiger partial charge in [0.05, 0.1) is 13.4 Å². The normalized spacial score (nSPS) is 10.5. The smallest absolute Gasteiger partial charge is 0.437 e. The second-order valence-electron chi connectivity index (χ2n) is 4.58. The first-order valence-corrected chi connectivity index (χ1v) is 6.71. The molecule has 0 radical (unpaired) electrons. The largest absolute Gasteiger partial charge is 0.497 e. The Hall–Kier alpha value is -3.29. The zero-order valence-electron chi connectivity index (χ0n) is 12.2. The standard InChI is InChI=1S/C15H13N3O5/c1-21-11-6-4-10(5-7-11)16-13(19)9-18-15(20)23-14(17-18)12-3-2-8-22-12/h2-8H,9H2,1H3,(H,16,19). The lowest BCUT2D eigenvalue weighted by Crippen LogP contribution is -2.25. The molecule has 3 rings (SSSR count). The van der Waals surface area contributed by atoms with E-state index in [2.05, 4.69) is 10.4 Å². The number of ether oxygens (including phenoxy) is 1. The van der Waals surface area contributed by atoms with Crippen LogP contribution in [0, 0.1) is 0 Å². The number of methoxy groups -OCH3 is 1. The van der Waals surface area contributed by atoms with Crippen LogP contribution in [0.25, 0.3) is 11.7 Å². The minimum atomic E-state index is -0.735. The molecule has 0 unspecified atom stereocenters. The molecule has 0 bridgehead atoms. The van der Waals surface area contributed by atoms with Crippen molar-refractivity contribution in [3.8, 4) is 17.4 Å². The van der Waals surface area contributed by atoms with Crippen molar-refractivity contribution in [1.82, 2.24) is 9.78 Å². The summed E-state index contributed by atoms with van der Waals surface area (Å²) in [6, 6.07) is 10.1. The van der Waals surface area contributed by atoms with E-state index in [4.69, 9.17) is 13.6 Å². The highest BCUT2D eigenvalue weighted by atomic mass is 16.5. The molecule has 0 saturated heterocycles. The fourth-order valence-corrected chi connectivity index (χ4v) is 1.92. The predicted octanol–water partition coefficient (Wildman–Crippen LogP) is 1.74. The number of carbonyl (C=O) groups is 1. The number of amides is 1. The van der Waals surface area contributed by atoms with Gasteiger partial charge < -0.3 is 18.9 Å². The van der Waals surface area contributed by atoms with Gasteiger partial charge in [-0.15, -0.1) is 5.10 Å². The van der Waals surface area contributed by atoms with E-state index in [1.807, 2.05) is 0 Å². The SMILES string of the molecule is COc1ccc(NC(=O)Cn2nc(-c3ccco3)oc2=O)cc1. The summed E-state index contributed by atoms with van der Waals surface area (Å²) < 4.78 is 16.0. The number of nitrogens with zero attached hydrogens (tertiary/aromatic N) is 2. The fraction of sp³-hybridized carbons (Fsp3) is 0.133. The summed E-state index contributed by atoms with van der Waals surface area (Å²) >= 11 is 0. The number of rotatable bonds is 5. The summed E-state index contributed by atoms with van der Waals surface area (Å²) in [5, 5.41) is 6.58. The maximum absolute atomic E-state index is 12.0. The number of furan rings is 1. The van der Waals surface area contributed by atoms with Crippen LogP contribution in [0.2, 0.25) is 0 Å². The van der Waals surface area contributed by atoms with Gasteiger partial charge >= 0.3 is 5.76 Å². The molecule has 0 fully saturated rings. The van der Waals surface area contributed by atoms with Crippen molar-refractivity contribution in [2.45, 2.75) is 6.54 Å². The minimum Gasteiger partial charge on any atom is -0.497 e. The molecule has 0 aliphatic rings. The number of aromatic nitrogens is 2. The number of benzene rings is 1. The van der Waals surface area contributed by atoms with Crippen LogP contribution in [0.15, 0.2) is 56.3 Å². The van der Waals surface area contributed by atoms with E-state index in [9.17, 15) is 9.59 Å². The summed E-state index contributed by atoms with van der Waals surface area (Å²) in [5.74, 6) is -0.120. The molecule has 8 heteroatoms. The number of hydrogen-bond donors (Lipinski definition) is 1. The quantitative estimate of drug-likeness (QED) is 0.770. The number of nitrogens with one attached hydrogen (secondary N) is 1. The van der Waals surface area contributed by atoms with E-state index in [-0.39, 0.29) is 12.4 Å². The monoisotopic (exact) mass is 315 g/mol. The Morgan fingerprint density at radius 2 is 2.09 bits per heavy atom. The average molecular weight is 315 g/mol. The van der Waals surface area contributed by atoms with Gasteiger partial charge in [0.15, 0.2) is 5.76 Å². The predicted molar refractivity (Wildman–Crippen MR) is 80.1 cm³/mol. The topological polar surface area (TPSA) is 99.5 Å². The van der Waals surface area contributed by atoms with Crippen LogP contribution >= 0.6 is 0 Å². The second kappa shape index (κ2) is 6.22. The summed E-state index contributed by atoms with van der Waals surface area (Å²) in [6.07, 6.45) is 1.44. The zero-order chi connectivity index (χ0) is 16.2. The minimum absolute atomic E-state index is 0.0252. The van der Waals surface area contributed by atoms with E-state index < -0.39 is 11.7 Å². The van der Waals surface area contributed by atoms with E-state index in [1.165, 1.54) is 6.26 Å². The van der Waals surface area contributed by atoms with Crippen LogP contribution < -0.4 is 15.8 Å². The lowest BCUT2D eigenvalue weighted by Gasteiger charge is -2.05. The first-order chi connectivity index (χ1) is 11.2. The molecule has 23 heavy (non-hydrogen) atoms. The van der Waals surface area contributed by atoms with Crippen LogP contribution in [-0.4, -0.2) is 22.8 Å². The summed E-state index contributed by atoms with van der Waals surface area (Å²) in [4.78, 5) is 23.7. The molecule has 1 N–H and O–H groups in total. The Morgan fingerprint density at radius 1 is 1.30 bits per heavy atom. The number of anilines is 1. The third-order valence-corrected chi connectivity index (χ3v) is 3.01. The Labute approximate surface area is 130 Å². The summed E-state index contributed by atoms with van der Waals surface area (Å²) in [6.45, 7) is -0.269. The molecule has 3 aromatic rings. The van der Waals surface area contributed by atoms with Gasteiger partial charge in [-0.3, -0.25) is 4.79 Å². The number of hydrogen-bond acceptors (Lipinski definition) is 6. The van der Waals surface area contributed by atoms with Crippen molar-refractivity contribution in [3.05, 3.63) is 53.2 Å². The van der Waals surface area contributed by atoms with Gasteiger partial charge in [0.2, 0.25) is 5.91 Å². The maximum Gasteiger partial charge on any atom is 0.437 e. The van der Waals surface area contributed by atoms with Gasteiger partial charge in [-0.1, -0.05) is 0 Å². The Morgan fingerprint density at radius 3 is 2.74 bits per heavy atom. The highest BCUT2D eigenvalue weighted by molar-refractivity contribution is 5.90. The molecular weight excluding hydrogens is 302 g/mol. The first-order valence-electron chi connectivity index (χ1n) is 6.71. The Kier molecular flexibility index (Phi) is 3.96. The van der Waals surface area contributed by atoms with Crippen molar-refractivity contribution in [2.24, 2.45) is 0 Å². The van der Waals surface area contributed by atoms with Crippen molar-refractivity contribution < 1.29 is 18.4 Å². The third kappa shape index (κ3) is 3.31. The lowest BCUT2D eigenvalue weighted by atomic mass is 10.3. The van der Waals surface area contributed by atoms with Crippen LogP contribution in [0.5, 0.6) is 5.75 Å². The Balaban J connectivity index is 1.69. The van der Waals surface area contributed by atoms with Gasteiger partial charge in [-0.05, 0) is 36.4 Å². The van der Waals surface area contributed by atoms with Crippen LogP contribution in [0.1, 0.15) is 0 Å².